The lowest BCUT2D eigenvalue weighted by Gasteiger charge is -2.09. The molecule has 0 aliphatic rings. The first-order valence-corrected chi connectivity index (χ1v) is 6.53. The van der Waals surface area contributed by atoms with Crippen LogP contribution in [-0.2, 0) is 5.75 Å². The predicted octanol–water partition coefficient (Wildman–Crippen LogP) is 4.62. The molecule has 78 valence electrons. The van der Waals surface area contributed by atoms with Gasteiger partial charge in [-0.05, 0) is 34.0 Å². The SMILES string of the molecule is CCC(C)SCc1cccc(F)c1Br. The molecule has 0 fully saturated rings. The van der Waals surface area contributed by atoms with E-state index in [-0.39, 0.29) is 5.82 Å². The molecule has 1 atom stereocenters. The maximum atomic E-state index is 13.1. The van der Waals surface area contributed by atoms with Gasteiger partial charge in [-0.3, -0.25) is 0 Å². The molecule has 0 aromatic heterocycles. The molecule has 3 heteroatoms. The van der Waals surface area contributed by atoms with E-state index in [4.69, 9.17) is 0 Å². The van der Waals surface area contributed by atoms with Crippen molar-refractivity contribution < 1.29 is 4.39 Å². The fourth-order valence-electron chi connectivity index (χ4n) is 1.01. The van der Waals surface area contributed by atoms with Crippen molar-refractivity contribution >= 4 is 27.7 Å². The monoisotopic (exact) mass is 276 g/mol. The van der Waals surface area contributed by atoms with Gasteiger partial charge in [0.15, 0.2) is 0 Å². The predicted molar refractivity (Wildman–Crippen MR) is 65.1 cm³/mol. The van der Waals surface area contributed by atoms with Crippen LogP contribution in [0.4, 0.5) is 4.39 Å². The van der Waals surface area contributed by atoms with Gasteiger partial charge in [-0.25, -0.2) is 4.39 Å². The van der Waals surface area contributed by atoms with E-state index in [0.29, 0.717) is 9.72 Å². The molecule has 0 spiro atoms. The van der Waals surface area contributed by atoms with Crippen LogP contribution in [0.3, 0.4) is 0 Å². The Hall–Kier alpha value is -0.0200. The second-order valence-electron chi connectivity index (χ2n) is 3.24. The summed E-state index contributed by atoms with van der Waals surface area (Å²) in [5, 5.41) is 0.630. The Labute approximate surface area is 97.4 Å². The molecule has 0 saturated carbocycles. The van der Waals surface area contributed by atoms with E-state index >= 15 is 0 Å². The minimum Gasteiger partial charge on any atom is -0.206 e. The van der Waals surface area contributed by atoms with Crippen molar-refractivity contribution in [2.24, 2.45) is 0 Å². The highest BCUT2D eigenvalue weighted by Gasteiger charge is 2.06. The van der Waals surface area contributed by atoms with Crippen LogP contribution in [0, 0.1) is 5.82 Å². The van der Waals surface area contributed by atoms with E-state index < -0.39 is 0 Å². The van der Waals surface area contributed by atoms with Crippen molar-refractivity contribution in [3.63, 3.8) is 0 Å². The molecule has 0 N–H and O–H groups in total. The summed E-state index contributed by atoms with van der Waals surface area (Å²) in [5.41, 5.74) is 1.04. The molecule has 0 nitrogen and oxygen atoms in total. The van der Waals surface area contributed by atoms with E-state index in [1.165, 1.54) is 6.07 Å². The topological polar surface area (TPSA) is 0 Å². The largest absolute Gasteiger partial charge is 0.206 e. The third-order valence-electron chi connectivity index (χ3n) is 2.13. The summed E-state index contributed by atoms with van der Waals surface area (Å²) < 4.78 is 13.7. The molecule has 1 aromatic rings. The van der Waals surface area contributed by atoms with Crippen LogP contribution in [0.5, 0.6) is 0 Å². The zero-order chi connectivity index (χ0) is 10.6. The lowest BCUT2D eigenvalue weighted by molar-refractivity contribution is 0.619. The summed E-state index contributed by atoms with van der Waals surface area (Å²) in [6.07, 6.45) is 1.15. The van der Waals surface area contributed by atoms with Crippen molar-refractivity contribution in [2.45, 2.75) is 31.3 Å². The smallest absolute Gasteiger partial charge is 0.137 e. The van der Waals surface area contributed by atoms with Crippen molar-refractivity contribution in [1.82, 2.24) is 0 Å². The maximum Gasteiger partial charge on any atom is 0.137 e. The number of benzene rings is 1. The van der Waals surface area contributed by atoms with Crippen LogP contribution in [0.2, 0.25) is 0 Å². The Kier molecular flexibility index (Phi) is 4.96. The van der Waals surface area contributed by atoms with Crippen molar-refractivity contribution in [3.05, 3.63) is 34.1 Å². The van der Waals surface area contributed by atoms with Gasteiger partial charge in [0.1, 0.15) is 5.82 Å². The van der Waals surface area contributed by atoms with Crippen LogP contribution < -0.4 is 0 Å². The van der Waals surface area contributed by atoms with Crippen molar-refractivity contribution in [3.8, 4) is 0 Å². The van der Waals surface area contributed by atoms with Crippen LogP contribution in [0.25, 0.3) is 0 Å². The maximum absolute atomic E-state index is 13.1. The minimum absolute atomic E-state index is 0.174. The van der Waals surface area contributed by atoms with Gasteiger partial charge < -0.3 is 0 Å². The van der Waals surface area contributed by atoms with Crippen LogP contribution in [0.1, 0.15) is 25.8 Å². The second kappa shape index (κ2) is 5.76. The summed E-state index contributed by atoms with van der Waals surface area (Å²) in [4.78, 5) is 0. The van der Waals surface area contributed by atoms with E-state index in [0.717, 1.165) is 17.7 Å². The molecular weight excluding hydrogens is 263 g/mol. The van der Waals surface area contributed by atoms with Gasteiger partial charge in [0.25, 0.3) is 0 Å². The highest BCUT2D eigenvalue weighted by Crippen LogP contribution is 2.26. The molecule has 14 heavy (non-hydrogen) atoms. The summed E-state index contributed by atoms with van der Waals surface area (Å²) >= 11 is 5.12. The van der Waals surface area contributed by atoms with E-state index in [2.05, 4.69) is 29.8 Å². The average molecular weight is 277 g/mol. The molecule has 0 radical (unpaired) electrons. The van der Waals surface area contributed by atoms with Crippen LogP contribution >= 0.6 is 27.7 Å². The van der Waals surface area contributed by atoms with Gasteiger partial charge in [-0.15, -0.1) is 0 Å². The third-order valence-corrected chi connectivity index (χ3v) is 4.40. The first-order valence-electron chi connectivity index (χ1n) is 4.69. The van der Waals surface area contributed by atoms with Crippen LogP contribution in [-0.4, -0.2) is 5.25 Å². The van der Waals surface area contributed by atoms with E-state index in [1.807, 2.05) is 17.8 Å². The highest BCUT2D eigenvalue weighted by atomic mass is 79.9. The molecular formula is C11H14BrFS. The van der Waals surface area contributed by atoms with Gasteiger partial charge in [-0.2, -0.15) is 11.8 Å². The molecule has 0 aliphatic heterocycles. The number of rotatable bonds is 4. The van der Waals surface area contributed by atoms with Gasteiger partial charge >= 0.3 is 0 Å². The normalized spacial score (nSPS) is 12.9. The number of hydrogen-bond acceptors (Lipinski definition) is 1. The Morgan fingerprint density at radius 3 is 2.86 bits per heavy atom. The second-order valence-corrected chi connectivity index (χ2v) is 5.46. The van der Waals surface area contributed by atoms with E-state index in [9.17, 15) is 4.39 Å². The minimum atomic E-state index is -0.174. The summed E-state index contributed by atoms with van der Waals surface area (Å²) in [6.45, 7) is 4.36. The fourth-order valence-corrected chi connectivity index (χ4v) is 2.54. The fraction of sp³-hybridized carbons (Fsp3) is 0.455. The molecule has 1 aromatic carbocycles. The number of thioether (sulfide) groups is 1. The van der Waals surface area contributed by atoms with Crippen LogP contribution in [0.15, 0.2) is 22.7 Å². The lowest BCUT2D eigenvalue weighted by atomic mass is 10.2. The lowest BCUT2D eigenvalue weighted by Crippen LogP contribution is -1.95. The molecule has 0 amide bonds. The molecule has 0 aliphatic carbocycles. The Balaban J connectivity index is 2.63. The third kappa shape index (κ3) is 3.28. The molecule has 1 unspecified atom stereocenters. The number of halogens is 2. The van der Waals surface area contributed by atoms with Gasteiger partial charge in [0.2, 0.25) is 0 Å². The molecule has 0 saturated heterocycles. The Bertz CT molecular complexity index is 301. The first-order chi connectivity index (χ1) is 6.65. The molecule has 1 rings (SSSR count). The molecule has 0 heterocycles. The quantitative estimate of drug-likeness (QED) is 0.773. The first kappa shape index (κ1) is 12.1. The zero-order valence-corrected chi connectivity index (χ0v) is 10.8. The summed E-state index contributed by atoms with van der Waals surface area (Å²) in [5.74, 6) is 0.695. The molecule has 0 bridgehead atoms. The van der Waals surface area contributed by atoms with Crippen molar-refractivity contribution in [2.75, 3.05) is 0 Å². The zero-order valence-electron chi connectivity index (χ0n) is 8.39. The Morgan fingerprint density at radius 1 is 1.50 bits per heavy atom. The van der Waals surface area contributed by atoms with Gasteiger partial charge in [0, 0.05) is 11.0 Å². The van der Waals surface area contributed by atoms with E-state index in [1.54, 1.807) is 6.07 Å². The standard InChI is InChI=1S/C11H14BrFS/c1-3-8(2)14-7-9-5-4-6-10(13)11(9)12/h4-6,8H,3,7H2,1-2H3. The highest BCUT2D eigenvalue weighted by molar-refractivity contribution is 9.10. The summed E-state index contributed by atoms with van der Waals surface area (Å²) in [7, 11) is 0. The summed E-state index contributed by atoms with van der Waals surface area (Å²) in [6, 6.07) is 5.19. The van der Waals surface area contributed by atoms with Gasteiger partial charge in [-0.1, -0.05) is 26.0 Å². The Morgan fingerprint density at radius 2 is 2.21 bits per heavy atom. The number of hydrogen-bond donors (Lipinski definition) is 0. The van der Waals surface area contributed by atoms with Crippen molar-refractivity contribution in [1.29, 1.82) is 0 Å². The average Bonchev–Trinajstić information content (AvgIpc) is 2.20. The van der Waals surface area contributed by atoms with Gasteiger partial charge in [0.05, 0.1) is 4.47 Å².